The molecule has 0 aromatic heterocycles. The molecule has 0 saturated heterocycles. The number of aliphatic hydroxyl groups is 2. The van der Waals surface area contributed by atoms with Gasteiger partial charge in [0.25, 0.3) is 0 Å². The van der Waals surface area contributed by atoms with Crippen molar-refractivity contribution in [3.8, 4) is 0 Å². The summed E-state index contributed by atoms with van der Waals surface area (Å²) in [6.07, 6.45) is -4.52. The molecular formula is C32H29NO7. The van der Waals surface area contributed by atoms with Crippen LogP contribution in [0.1, 0.15) is 34.5 Å². The van der Waals surface area contributed by atoms with Crippen LogP contribution < -0.4 is 5.73 Å². The summed E-state index contributed by atoms with van der Waals surface area (Å²) in [6, 6.07) is 34.8. The fraction of sp³-hybridized carbons (Fsp3) is 0.156. The van der Waals surface area contributed by atoms with Crippen molar-refractivity contribution in [1.82, 2.24) is 0 Å². The van der Waals surface area contributed by atoms with E-state index >= 15 is 0 Å². The molecule has 0 heterocycles. The lowest BCUT2D eigenvalue weighted by molar-refractivity contribution is -0.192. The second kappa shape index (κ2) is 12.8. The number of nitrogens with two attached hydrogens (primary N) is 1. The second-order valence-corrected chi connectivity index (χ2v) is 9.15. The Morgan fingerprint density at radius 3 is 1.10 bits per heavy atom. The van der Waals surface area contributed by atoms with Crippen LogP contribution in [0.3, 0.4) is 0 Å². The van der Waals surface area contributed by atoms with E-state index in [1.54, 1.807) is 121 Å². The van der Waals surface area contributed by atoms with E-state index in [1.165, 1.54) is 0 Å². The SMILES string of the molecule is NC(=O)C(O)C(CO)(C(=O)OC(c1ccccc1)c1ccccc1)C(=O)OC(c1ccccc1)c1ccccc1. The van der Waals surface area contributed by atoms with E-state index in [9.17, 15) is 24.6 Å². The molecule has 1 amide bonds. The third-order valence-electron chi connectivity index (χ3n) is 6.57. The quantitative estimate of drug-likeness (QED) is 0.196. The van der Waals surface area contributed by atoms with Gasteiger partial charge in [-0.2, -0.15) is 0 Å². The van der Waals surface area contributed by atoms with E-state index < -0.39 is 48.2 Å². The Balaban J connectivity index is 1.76. The fourth-order valence-corrected chi connectivity index (χ4v) is 4.36. The first-order valence-corrected chi connectivity index (χ1v) is 12.6. The first kappa shape index (κ1) is 28.2. The van der Waals surface area contributed by atoms with Gasteiger partial charge in [0.05, 0.1) is 6.61 Å². The zero-order chi connectivity index (χ0) is 28.5. The van der Waals surface area contributed by atoms with Crippen LogP contribution >= 0.6 is 0 Å². The van der Waals surface area contributed by atoms with E-state index in [1.807, 2.05) is 0 Å². The molecule has 0 aliphatic carbocycles. The number of hydrogen-bond donors (Lipinski definition) is 3. The third-order valence-corrected chi connectivity index (χ3v) is 6.57. The highest BCUT2D eigenvalue weighted by Crippen LogP contribution is 2.36. The third kappa shape index (κ3) is 5.93. The maximum absolute atomic E-state index is 13.8. The molecule has 0 radical (unpaired) electrons. The summed E-state index contributed by atoms with van der Waals surface area (Å²) in [5.41, 5.74) is 4.73. The van der Waals surface area contributed by atoms with Gasteiger partial charge in [0.2, 0.25) is 11.3 Å². The van der Waals surface area contributed by atoms with Crippen LogP contribution in [0.5, 0.6) is 0 Å². The Labute approximate surface area is 231 Å². The van der Waals surface area contributed by atoms with Crippen molar-refractivity contribution in [1.29, 1.82) is 0 Å². The number of carbonyl (C=O) groups excluding carboxylic acids is 3. The molecule has 4 N–H and O–H groups in total. The van der Waals surface area contributed by atoms with Crippen LogP contribution in [0, 0.1) is 5.41 Å². The lowest BCUT2D eigenvalue weighted by Crippen LogP contribution is -2.58. The van der Waals surface area contributed by atoms with Crippen molar-refractivity contribution in [2.45, 2.75) is 18.3 Å². The average molecular weight is 540 g/mol. The average Bonchev–Trinajstić information content (AvgIpc) is 3.01. The van der Waals surface area contributed by atoms with Gasteiger partial charge in [0.1, 0.15) is 0 Å². The monoisotopic (exact) mass is 539 g/mol. The van der Waals surface area contributed by atoms with E-state index in [2.05, 4.69) is 0 Å². The molecular weight excluding hydrogens is 510 g/mol. The normalized spacial score (nSPS) is 12.1. The Morgan fingerprint density at radius 1 is 0.600 bits per heavy atom. The van der Waals surface area contributed by atoms with E-state index in [4.69, 9.17) is 15.2 Å². The second-order valence-electron chi connectivity index (χ2n) is 9.15. The number of aliphatic hydroxyl groups excluding tert-OH is 2. The van der Waals surface area contributed by atoms with E-state index in [0.717, 1.165) is 0 Å². The Kier molecular flexibility index (Phi) is 9.06. The molecule has 204 valence electrons. The van der Waals surface area contributed by atoms with Crippen molar-refractivity contribution in [2.75, 3.05) is 6.61 Å². The predicted octanol–water partition coefficient (Wildman–Crippen LogP) is 3.48. The van der Waals surface area contributed by atoms with Crippen molar-refractivity contribution in [2.24, 2.45) is 11.1 Å². The first-order chi connectivity index (χ1) is 19.4. The summed E-state index contributed by atoms with van der Waals surface area (Å²) >= 11 is 0. The summed E-state index contributed by atoms with van der Waals surface area (Å²) in [6.45, 7) is -1.30. The van der Waals surface area contributed by atoms with Gasteiger partial charge in [-0.25, -0.2) is 0 Å². The summed E-state index contributed by atoms with van der Waals surface area (Å²) in [5.74, 6) is -4.15. The molecule has 40 heavy (non-hydrogen) atoms. The van der Waals surface area contributed by atoms with Gasteiger partial charge in [-0.1, -0.05) is 121 Å². The molecule has 4 aromatic rings. The topological polar surface area (TPSA) is 136 Å². The highest BCUT2D eigenvalue weighted by molar-refractivity contribution is 6.06. The van der Waals surface area contributed by atoms with E-state index in [0.29, 0.717) is 22.3 Å². The minimum Gasteiger partial charge on any atom is -0.452 e. The number of rotatable bonds is 11. The summed E-state index contributed by atoms with van der Waals surface area (Å²) in [4.78, 5) is 39.9. The molecule has 1 atom stereocenters. The number of carbonyl (C=O) groups is 3. The van der Waals surface area contributed by atoms with Gasteiger partial charge in [-0.15, -0.1) is 0 Å². The van der Waals surface area contributed by atoms with Crippen molar-refractivity contribution < 1.29 is 34.1 Å². The molecule has 0 fully saturated rings. The van der Waals surface area contributed by atoms with Crippen molar-refractivity contribution >= 4 is 17.8 Å². The van der Waals surface area contributed by atoms with E-state index in [-0.39, 0.29) is 0 Å². The minimum atomic E-state index is -2.87. The number of ether oxygens (including phenoxy) is 2. The molecule has 4 rings (SSSR count). The van der Waals surface area contributed by atoms with Crippen LogP contribution in [0.2, 0.25) is 0 Å². The van der Waals surface area contributed by atoms with Gasteiger partial charge in [-0.3, -0.25) is 14.4 Å². The maximum Gasteiger partial charge on any atom is 0.330 e. The molecule has 0 aliphatic heterocycles. The van der Waals surface area contributed by atoms with Crippen LogP contribution in [0.25, 0.3) is 0 Å². The standard InChI is InChI=1S/C32H29NO7/c33-29(36)28(35)32(21-34,30(37)39-26(22-13-5-1-6-14-22)23-15-7-2-8-16-23)31(38)40-27(24-17-9-3-10-18-24)25-19-11-4-12-20-25/h1-20,26-28,34-35H,21H2,(H2,33,36). The number of hydrogen-bond acceptors (Lipinski definition) is 7. The molecule has 0 bridgehead atoms. The highest BCUT2D eigenvalue weighted by Gasteiger charge is 2.58. The molecule has 8 heteroatoms. The van der Waals surface area contributed by atoms with Gasteiger partial charge in [-0.05, 0) is 22.3 Å². The number of esters is 2. The molecule has 0 spiro atoms. The molecule has 4 aromatic carbocycles. The lowest BCUT2D eigenvalue weighted by atomic mass is 9.81. The van der Waals surface area contributed by atoms with Crippen molar-refractivity contribution in [3.05, 3.63) is 144 Å². The summed E-state index contributed by atoms with van der Waals surface area (Å²) in [5, 5.41) is 21.3. The zero-order valence-corrected chi connectivity index (χ0v) is 21.5. The first-order valence-electron chi connectivity index (χ1n) is 12.6. The Bertz CT molecular complexity index is 1240. The number of primary amides is 1. The number of benzene rings is 4. The van der Waals surface area contributed by atoms with Crippen LogP contribution in [-0.2, 0) is 23.9 Å². The molecule has 0 aliphatic rings. The van der Waals surface area contributed by atoms with Crippen molar-refractivity contribution in [3.63, 3.8) is 0 Å². The molecule has 0 saturated carbocycles. The van der Waals surface area contributed by atoms with Gasteiger partial charge in [0, 0.05) is 0 Å². The molecule has 8 nitrogen and oxygen atoms in total. The Morgan fingerprint density at radius 2 is 0.875 bits per heavy atom. The maximum atomic E-state index is 13.8. The van der Waals surface area contributed by atoms with Gasteiger partial charge < -0.3 is 25.4 Å². The zero-order valence-electron chi connectivity index (χ0n) is 21.5. The predicted molar refractivity (Wildman–Crippen MR) is 146 cm³/mol. The van der Waals surface area contributed by atoms with Crippen LogP contribution in [0.15, 0.2) is 121 Å². The summed E-state index contributed by atoms with van der Waals surface area (Å²) < 4.78 is 11.6. The summed E-state index contributed by atoms with van der Waals surface area (Å²) in [7, 11) is 0. The number of amides is 1. The largest absolute Gasteiger partial charge is 0.452 e. The highest BCUT2D eigenvalue weighted by atomic mass is 16.6. The van der Waals surface area contributed by atoms with Crippen LogP contribution in [-0.4, -0.2) is 40.8 Å². The lowest BCUT2D eigenvalue weighted by Gasteiger charge is -2.33. The van der Waals surface area contributed by atoms with Gasteiger partial charge in [0.15, 0.2) is 18.3 Å². The Hall–Kier alpha value is -4.79. The molecule has 1 unspecified atom stereocenters. The fourth-order valence-electron chi connectivity index (χ4n) is 4.36. The van der Waals surface area contributed by atoms with Gasteiger partial charge >= 0.3 is 11.9 Å². The van der Waals surface area contributed by atoms with Crippen LogP contribution in [0.4, 0.5) is 0 Å². The minimum absolute atomic E-state index is 0.558. The smallest absolute Gasteiger partial charge is 0.330 e.